The Morgan fingerprint density at radius 3 is 1.29 bits per heavy atom. The van der Waals surface area contributed by atoms with Crippen molar-refractivity contribution in [2.75, 3.05) is 0 Å². The molecule has 2 aromatic carbocycles. The summed E-state index contributed by atoms with van der Waals surface area (Å²) in [5.74, 6) is 0. The summed E-state index contributed by atoms with van der Waals surface area (Å²) < 4.78 is 0. The van der Waals surface area contributed by atoms with Crippen molar-refractivity contribution in [1.29, 1.82) is 0 Å². The smallest absolute Gasteiger partial charge is 0 e. The van der Waals surface area contributed by atoms with Crippen molar-refractivity contribution in [2.45, 2.75) is 0 Å². The van der Waals surface area contributed by atoms with E-state index in [2.05, 4.69) is 60.7 Å². The molecule has 2 heteroatoms. The molecule has 0 radical (unpaired) electrons. The first-order valence-corrected chi connectivity index (χ1v) is 5.32. The number of rotatable bonds is 2. The van der Waals surface area contributed by atoms with Crippen molar-refractivity contribution in [3.05, 3.63) is 60.7 Å². The Labute approximate surface area is 106 Å². The molecule has 0 bridgehead atoms. The van der Waals surface area contributed by atoms with Gasteiger partial charge in [-0.1, -0.05) is 69.2 Å². The van der Waals surface area contributed by atoms with E-state index >= 15 is 0 Å². The Kier molecular flexibility index (Phi) is 5.30. The third-order valence-electron chi connectivity index (χ3n) is 1.84. The minimum atomic E-state index is 0. The summed E-state index contributed by atoms with van der Waals surface area (Å²) in [6.45, 7) is 0. The minimum Gasteiger partial charge on any atom is -0.0622 e. The van der Waals surface area contributed by atoms with E-state index in [1.807, 2.05) is 0 Å². The molecule has 2 aromatic rings. The van der Waals surface area contributed by atoms with Crippen LogP contribution in [0.2, 0.25) is 0 Å². The van der Waals surface area contributed by atoms with E-state index in [4.69, 9.17) is 0 Å². The van der Waals surface area contributed by atoms with Gasteiger partial charge in [0.05, 0.1) is 0 Å². The molecule has 0 amide bonds. The van der Waals surface area contributed by atoms with Gasteiger partial charge in [0.25, 0.3) is 0 Å². The van der Waals surface area contributed by atoms with E-state index < -0.39 is 0 Å². The van der Waals surface area contributed by atoms with Crippen LogP contribution in [0.5, 0.6) is 0 Å². The van der Waals surface area contributed by atoms with E-state index in [1.165, 1.54) is 10.6 Å². The van der Waals surface area contributed by atoms with Crippen LogP contribution in [0.3, 0.4) is 0 Å². The molecule has 2 rings (SSSR count). The van der Waals surface area contributed by atoms with Crippen LogP contribution in [0.25, 0.3) is 0 Å². The van der Waals surface area contributed by atoms with Crippen LogP contribution in [0, 0.1) is 0 Å². The van der Waals surface area contributed by atoms with Gasteiger partial charge in [0, 0.05) is 26.2 Å². The maximum Gasteiger partial charge on any atom is 0 e. The van der Waals surface area contributed by atoms with E-state index in [9.17, 15) is 0 Å². The summed E-state index contributed by atoms with van der Waals surface area (Å²) in [7, 11) is 0.777. The normalized spacial score (nSPS) is 9.14. The summed E-state index contributed by atoms with van der Waals surface area (Å²) in [5.41, 5.74) is 0. The summed E-state index contributed by atoms with van der Waals surface area (Å²) in [5, 5.41) is 2.79. The average molecular weight is 277 g/mol. The topological polar surface area (TPSA) is 0 Å². The molecule has 0 unspecified atom stereocenters. The molecular formula is C12H11PZr. The van der Waals surface area contributed by atoms with Gasteiger partial charge in [-0.25, -0.2) is 0 Å². The predicted octanol–water partition coefficient (Wildman–Crippen LogP) is 2.31. The Balaban J connectivity index is 0.000000980. The summed E-state index contributed by atoms with van der Waals surface area (Å²) in [4.78, 5) is 0. The average Bonchev–Trinajstić information content (AvgIpc) is 2.21. The van der Waals surface area contributed by atoms with Crippen LogP contribution in [-0.4, -0.2) is 0 Å². The molecule has 0 nitrogen and oxygen atoms in total. The Hall–Kier alpha value is -0.247. The Morgan fingerprint density at radius 2 is 0.929 bits per heavy atom. The molecule has 0 aliphatic carbocycles. The molecule has 0 saturated heterocycles. The summed E-state index contributed by atoms with van der Waals surface area (Å²) >= 11 is 0. The van der Waals surface area contributed by atoms with Crippen LogP contribution in [0.15, 0.2) is 60.7 Å². The van der Waals surface area contributed by atoms with E-state index in [1.54, 1.807) is 0 Å². The van der Waals surface area contributed by atoms with Gasteiger partial charge in [-0.15, -0.1) is 0 Å². The van der Waals surface area contributed by atoms with Gasteiger partial charge in [0.2, 0.25) is 0 Å². The third-order valence-corrected chi connectivity index (χ3v) is 3.08. The zero-order valence-electron chi connectivity index (χ0n) is 7.77. The zero-order chi connectivity index (χ0) is 8.93. The minimum absolute atomic E-state index is 0. The monoisotopic (exact) mass is 276 g/mol. The number of benzene rings is 2. The molecule has 68 valence electrons. The van der Waals surface area contributed by atoms with Gasteiger partial charge in [-0.3, -0.25) is 0 Å². The molecule has 0 N–H and O–H groups in total. The summed E-state index contributed by atoms with van der Waals surface area (Å²) in [6, 6.07) is 21.2. The van der Waals surface area contributed by atoms with Crippen molar-refractivity contribution in [2.24, 2.45) is 0 Å². The zero-order valence-corrected chi connectivity index (χ0v) is 11.2. The molecule has 0 fully saturated rings. The van der Waals surface area contributed by atoms with Gasteiger partial charge in [-0.05, 0) is 10.6 Å². The Bertz CT molecular complexity index is 321. The second kappa shape index (κ2) is 6.28. The van der Waals surface area contributed by atoms with Crippen molar-refractivity contribution in [3.63, 3.8) is 0 Å². The van der Waals surface area contributed by atoms with Crippen LogP contribution in [-0.2, 0) is 26.2 Å². The molecule has 0 spiro atoms. The fourth-order valence-electron chi connectivity index (χ4n) is 1.21. The van der Waals surface area contributed by atoms with Crippen molar-refractivity contribution in [1.82, 2.24) is 0 Å². The van der Waals surface area contributed by atoms with Gasteiger partial charge >= 0.3 is 0 Å². The first-order valence-electron chi connectivity index (χ1n) is 4.32. The van der Waals surface area contributed by atoms with Gasteiger partial charge in [0.15, 0.2) is 0 Å². The van der Waals surface area contributed by atoms with Crippen LogP contribution in [0.4, 0.5) is 0 Å². The van der Waals surface area contributed by atoms with Crippen molar-refractivity contribution >= 4 is 19.2 Å². The molecule has 0 heterocycles. The van der Waals surface area contributed by atoms with E-state index in [-0.39, 0.29) is 26.2 Å². The quantitative estimate of drug-likeness (QED) is 0.739. The molecule has 0 aliphatic heterocycles. The fourth-order valence-corrected chi connectivity index (χ4v) is 2.26. The SMILES string of the molecule is [Zr].c1ccc(Pc2ccccc2)cc1. The van der Waals surface area contributed by atoms with Crippen LogP contribution >= 0.6 is 8.58 Å². The van der Waals surface area contributed by atoms with Gasteiger partial charge < -0.3 is 0 Å². The fraction of sp³-hybridized carbons (Fsp3) is 0. The summed E-state index contributed by atoms with van der Waals surface area (Å²) in [6.07, 6.45) is 0. The molecule has 0 saturated carbocycles. The molecule has 0 atom stereocenters. The standard InChI is InChI=1S/C12H11P.Zr/c1-3-7-11(8-4-1)13-12-9-5-2-6-10-12;/h1-10,13H;. The number of hydrogen-bond donors (Lipinski definition) is 0. The van der Waals surface area contributed by atoms with Crippen LogP contribution < -0.4 is 10.6 Å². The molecule has 14 heavy (non-hydrogen) atoms. The van der Waals surface area contributed by atoms with Gasteiger partial charge in [-0.2, -0.15) is 0 Å². The van der Waals surface area contributed by atoms with E-state index in [0.29, 0.717) is 0 Å². The number of hydrogen-bond acceptors (Lipinski definition) is 0. The molecule has 0 aromatic heterocycles. The maximum absolute atomic E-state index is 2.17. The molecular weight excluding hydrogens is 266 g/mol. The van der Waals surface area contributed by atoms with Gasteiger partial charge in [0.1, 0.15) is 0 Å². The van der Waals surface area contributed by atoms with Crippen molar-refractivity contribution < 1.29 is 26.2 Å². The molecule has 0 aliphatic rings. The van der Waals surface area contributed by atoms with Crippen LogP contribution in [0.1, 0.15) is 0 Å². The first kappa shape index (κ1) is 11.8. The first-order chi connectivity index (χ1) is 6.45. The maximum atomic E-state index is 2.17. The van der Waals surface area contributed by atoms with E-state index in [0.717, 1.165) is 8.58 Å². The predicted molar refractivity (Wildman–Crippen MR) is 60.5 cm³/mol. The van der Waals surface area contributed by atoms with Crippen molar-refractivity contribution in [3.8, 4) is 0 Å². The Morgan fingerprint density at radius 1 is 0.571 bits per heavy atom. The third kappa shape index (κ3) is 3.48. The largest absolute Gasteiger partial charge is 0.0622 e. The second-order valence-corrected chi connectivity index (χ2v) is 4.26. The second-order valence-electron chi connectivity index (χ2n) is 2.86.